The number of nitrogens with zero attached hydrogens (tertiary/aromatic N) is 3. The number of carbonyl (C=O) groups excluding carboxylic acids is 1. The predicted octanol–water partition coefficient (Wildman–Crippen LogP) is 5.97. The molecule has 0 spiro atoms. The number of ether oxygens (including phenoxy) is 2. The van der Waals surface area contributed by atoms with Crippen LogP contribution in [0.4, 0.5) is 4.79 Å². The second-order valence-electron chi connectivity index (χ2n) is 9.10. The third-order valence-electron chi connectivity index (χ3n) is 6.81. The van der Waals surface area contributed by atoms with Crippen molar-refractivity contribution >= 4 is 35.1 Å². The van der Waals surface area contributed by atoms with Gasteiger partial charge in [-0.15, -0.1) is 0 Å². The Morgan fingerprint density at radius 2 is 1.55 bits per heavy atom. The van der Waals surface area contributed by atoms with E-state index in [-0.39, 0.29) is 6.03 Å². The third kappa shape index (κ3) is 5.19. The standard InChI is InChI=1S/C29H30Cl2N4O3/c1-3-38-24-6-4-5-23(37-2)25(24)28-33-26(19-7-11-21(30)12-8-19)27(20-9-13-22(31)14-10-20)35(28)29(36)34-17-15-32-16-18-34/h4-14,26-27,32H,3,15-18H2,1-2H3. The Bertz CT molecular complexity index is 1310. The van der Waals surface area contributed by atoms with Gasteiger partial charge in [-0.25, -0.2) is 4.79 Å². The zero-order chi connectivity index (χ0) is 26.6. The normalized spacial score (nSPS) is 19.3. The van der Waals surface area contributed by atoms with Gasteiger partial charge >= 0.3 is 6.03 Å². The molecule has 1 N–H and O–H groups in total. The molecule has 9 heteroatoms. The number of halogens is 2. The Kier molecular flexibility index (Phi) is 8.07. The average molecular weight is 553 g/mol. The summed E-state index contributed by atoms with van der Waals surface area (Å²) in [5.41, 5.74) is 2.51. The summed E-state index contributed by atoms with van der Waals surface area (Å²) < 4.78 is 11.8. The van der Waals surface area contributed by atoms with Gasteiger partial charge in [0.05, 0.1) is 19.8 Å². The van der Waals surface area contributed by atoms with Crippen LogP contribution in [-0.4, -0.2) is 61.6 Å². The van der Waals surface area contributed by atoms with Crippen LogP contribution in [-0.2, 0) is 0 Å². The first-order chi connectivity index (χ1) is 18.5. The van der Waals surface area contributed by atoms with Gasteiger partial charge in [-0.05, 0) is 54.4 Å². The molecule has 0 aliphatic carbocycles. The Balaban J connectivity index is 1.73. The van der Waals surface area contributed by atoms with Gasteiger partial charge in [0.15, 0.2) is 0 Å². The van der Waals surface area contributed by atoms with Crippen LogP contribution in [0.25, 0.3) is 0 Å². The lowest BCUT2D eigenvalue weighted by Crippen LogP contribution is -2.53. The van der Waals surface area contributed by atoms with Gasteiger partial charge in [-0.1, -0.05) is 53.5 Å². The number of nitrogens with one attached hydrogen (secondary N) is 1. The molecule has 0 saturated carbocycles. The topological polar surface area (TPSA) is 66.4 Å². The van der Waals surface area contributed by atoms with Gasteiger partial charge in [0.1, 0.15) is 28.9 Å². The van der Waals surface area contributed by atoms with Crippen LogP contribution in [0.3, 0.4) is 0 Å². The van der Waals surface area contributed by atoms with E-state index in [0.29, 0.717) is 52.6 Å². The summed E-state index contributed by atoms with van der Waals surface area (Å²) in [5, 5.41) is 4.59. The van der Waals surface area contributed by atoms with Crippen molar-refractivity contribution < 1.29 is 14.3 Å². The predicted molar refractivity (Wildman–Crippen MR) is 151 cm³/mol. The van der Waals surface area contributed by atoms with Crippen molar-refractivity contribution in [1.82, 2.24) is 15.1 Å². The van der Waals surface area contributed by atoms with E-state index in [1.54, 1.807) is 12.0 Å². The summed E-state index contributed by atoms with van der Waals surface area (Å²) in [6.45, 7) is 5.06. The molecule has 2 amide bonds. The van der Waals surface area contributed by atoms with E-state index in [2.05, 4.69) is 5.32 Å². The number of aliphatic imine (C=N–C) groups is 1. The van der Waals surface area contributed by atoms with Crippen LogP contribution >= 0.6 is 23.2 Å². The van der Waals surface area contributed by atoms with Crippen molar-refractivity contribution in [3.05, 3.63) is 93.5 Å². The first kappa shape index (κ1) is 26.4. The minimum atomic E-state index is -0.426. The van der Waals surface area contributed by atoms with Crippen LogP contribution in [0.5, 0.6) is 11.5 Å². The van der Waals surface area contributed by atoms with E-state index in [0.717, 1.165) is 24.2 Å². The Hall–Kier alpha value is -3.26. The first-order valence-corrected chi connectivity index (χ1v) is 13.4. The molecule has 0 radical (unpaired) electrons. The number of amidine groups is 1. The van der Waals surface area contributed by atoms with Gasteiger partial charge in [0, 0.05) is 36.2 Å². The zero-order valence-corrected chi connectivity index (χ0v) is 22.9. The highest BCUT2D eigenvalue weighted by Gasteiger charge is 2.45. The summed E-state index contributed by atoms with van der Waals surface area (Å²) in [6, 6.07) is 19.9. The molecule has 2 heterocycles. The van der Waals surface area contributed by atoms with Gasteiger partial charge in [-0.3, -0.25) is 9.89 Å². The lowest BCUT2D eigenvalue weighted by atomic mass is 9.93. The van der Waals surface area contributed by atoms with Crippen LogP contribution in [0.1, 0.15) is 35.7 Å². The van der Waals surface area contributed by atoms with Crippen LogP contribution in [0, 0.1) is 0 Å². The minimum Gasteiger partial charge on any atom is -0.496 e. The van der Waals surface area contributed by atoms with Crippen molar-refractivity contribution in [3.8, 4) is 11.5 Å². The van der Waals surface area contributed by atoms with Crippen LogP contribution in [0.15, 0.2) is 71.7 Å². The number of hydrogen-bond donors (Lipinski definition) is 1. The van der Waals surface area contributed by atoms with E-state index < -0.39 is 12.1 Å². The van der Waals surface area contributed by atoms with Crippen molar-refractivity contribution in [2.45, 2.75) is 19.0 Å². The molecule has 3 aromatic carbocycles. The summed E-state index contributed by atoms with van der Waals surface area (Å²) >= 11 is 12.5. The lowest BCUT2D eigenvalue weighted by Gasteiger charge is -2.36. The monoisotopic (exact) mass is 552 g/mol. The van der Waals surface area contributed by atoms with E-state index in [9.17, 15) is 4.79 Å². The largest absolute Gasteiger partial charge is 0.496 e. The molecule has 7 nitrogen and oxygen atoms in total. The smallest absolute Gasteiger partial charge is 0.326 e. The molecule has 5 rings (SSSR count). The molecule has 3 aromatic rings. The van der Waals surface area contributed by atoms with Gasteiger partial charge < -0.3 is 19.7 Å². The molecular formula is C29H30Cl2N4O3. The molecule has 0 bridgehead atoms. The number of rotatable bonds is 6. The van der Waals surface area contributed by atoms with Crippen molar-refractivity contribution in [3.63, 3.8) is 0 Å². The number of urea groups is 1. The van der Waals surface area contributed by atoms with E-state index in [4.69, 9.17) is 37.7 Å². The number of methoxy groups -OCH3 is 1. The van der Waals surface area contributed by atoms with Crippen LogP contribution < -0.4 is 14.8 Å². The minimum absolute atomic E-state index is 0.116. The quantitative estimate of drug-likeness (QED) is 0.409. The Morgan fingerprint density at radius 3 is 2.16 bits per heavy atom. The summed E-state index contributed by atoms with van der Waals surface area (Å²) in [6.07, 6.45) is 0. The number of benzene rings is 3. The number of amides is 2. The second kappa shape index (κ2) is 11.6. The van der Waals surface area contributed by atoms with E-state index >= 15 is 0 Å². The highest BCUT2D eigenvalue weighted by atomic mass is 35.5. The molecule has 1 fully saturated rings. The third-order valence-corrected chi connectivity index (χ3v) is 7.32. The molecule has 198 valence electrons. The van der Waals surface area contributed by atoms with E-state index in [1.165, 1.54) is 0 Å². The molecule has 38 heavy (non-hydrogen) atoms. The summed E-state index contributed by atoms with van der Waals surface area (Å²) in [5.74, 6) is 1.70. The summed E-state index contributed by atoms with van der Waals surface area (Å²) in [7, 11) is 1.61. The SMILES string of the molecule is CCOc1cccc(OC)c1C1=NC(c2ccc(Cl)cc2)C(c2ccc(Cl)cc2)N1C(=O)N1CCNCC1. The fraction of sp³-hybridized carbons (Fsp3) is 0.310. The maximum absolute atomic E-state index is 14.3. The maximum Gasteiger partial charge on any atom is 0.326 e. The van der Waals surface area contributed by atoms with Crippen molar-refractivity contribution in [1.29, 1.82) is 0 Å². The molecule has 2 unspecified atom stereocenters. The lowest BCUT2D eigenvalue weighted by molar-refractivity contribution is 0.157. The fourth-order valence-electron chi connectivity index (χ4n) is 5.03. The number of carbonyl (C=O) groups is 1. The van der Waals surface area contributed by atoms with Crippen molar-refractivity contribution in [2.75, 3.05) is 39.9 Å². The van der Waals surface area contributed by atoms with Crippen molar-refractivity contribution in [2.24, 2.45) is 4.99 Å². The fourth-order valence-corrected chi connectivity index (χ4v) is 5.28. The highest BCUT2D eigenvalue weighted by Crippen LogP contribution is 2.46. The molecule has 1 saturated heterocycles. The van der Waals surface area contributed by atoms with E-state index in [1.807, 2.05) is 78.6 Å². The molecule has 2 atom stereocenters. The Labute approximate surface area is 233 Å². The van der Waals surface area contributed by atoms with Crippen LogP contribution in [0.2, 0.25) is 10.0 Å². The molecular weight excluding hydrogens is 523 g/mol. The first-order valence-electron chi connectivity index (χ1n) is 12.7. The number of hydrogen-bond acceptors (Lipinski definition) is 5. The second-order valence-corrected chi connectivity index (χ2v) is 9.97. The zero-order valence-electron chi connectivity index (χ0n) is 21.4. The average Bonchev–Trinajstić information content (AvgIpc) is 3.34. The highest BCUT2D eigenvalue weighted by molar-refractivity contribution is 6.30. The molecule has 2 aliphatic rings. The maximum atomic E-state index is 14.3. The summed E-state index contributed by atoms with van der Waals surface area (Å²) in [4.78, 5) is 23.2. The van der Waals surface area contributed by atoms with Gasteiger partial charge in [0.2, 0.25) is 0 Å². The van der Waals surface area contributed by atoms with Gasteiger partial charge in [-0.2, -0.15) is 0 Å². The number of piperazine rings is 1. The van der Waals surface area contributed by atoms with Gasteiger partial charge in [0.25, 0.3) is 0 Å². The molecule has 0 aromatic heterocycles. The molecule has 2 aliphatic heterocycles. The Morgan fingerprint density at radius 1 is 0.947 bits per heavy atom.